The Hall–Kier alpha value is -0.870. The Morgan fingerprint density at radius 2 is 1.76 bits per heavy atom. The van der Waals surface area contributed by atoms with Gasteiger partial charge in [0.1, 0.15) is 0 Å². The molecule has 0 spiro atoms. The van der Waals surface area contributed by atoms with Gasteiger partial charge in [0.05, 0.1) is 5.92 Å². The number of carboxylic acid groups (broad SMARTS) is 2. The molecule has 0 saturated carbocycles. The third kappa shape index (κ3) is 7.94. The molecular weight excluding hydrogens is 247 g/mol. The third-order valence-electron chi connectivity index (χ3n) is 2.46. The monoisotopic (exact) mass is 266 g/mol. The van der Waals surface area contributed by atoms with E-state index in [9.17, 15) is 19.0 Å². The fraction of sp³-hybridized carbons (Fsp3) is 0.800. The van der Waals surface area contributed by atoms with E-state index < -0.39 is 25.2 Å². The average Bonchev–Trinajstić information content (AvgIpc) is 2.16. The molecule has 2 unspecified atom stereocenters. The highest BCUT2D eigenvalue weighted by Crippen LogP contribution is 2.42. The summed E-state index contributed by atoms with van der Waals surface area (Å²) < 4.78 is 11.5. The molecule has 0 aliphatic heterocycles. The second kappa shape index (κ2) is 7.45. The highest BCUT2D eigenvalue weighted by Gasteiger charge is 2.24. The molecule has 0 aromatic carbocycles. The topological polar surface area (TPSA) is 112 Å². The van der Waals surface area contributed by atoms with Gasteiger partial charge in [-0.3, -0.25) is 14.2 Å². The highest BCUT2D eigenvalue weighted by molar-refractivity contribution is 7.57. The number of carbonyl (C=O) groups is 2. The van der Waals surface area contributed by atoms with Crippen LogP contribution in [0.5, 0.6) is 0 Å². The first-order valence-corrected chi connectivity index (χ1v) is 7.57. The van der Waals surface area contributed by atoms with Crippen molar-refractivity contribution in [3.8, 4) is 0 Å². The molecule has 6 nitrogen and oxygen atoms in total. The Bertz CT molecular complexity index is 314. The van der Waals surface area contributed by atoms with E-state index in [-0.39, 0.29) is 31.6 Å². The Kier molecular flexibility index (Phi) is 7.07. The van der Waals surface area contributed by atoms with Crippen LogP contribution >= 0.6 is 7.37 Å². The second-order valence-electron chi connectivity index (χ2n) is 4.05. The van der Waals surface area contributed by atoms with Crippen molar-refractivity contribution in [1.82, 2.24) is 0 Å². The molecule has 0 bridgehead atoms. The lowest BCUT2D eigenvalue weighted by Gasteiger charge is -2.14. The maximum atomic E-state index is 11.5. The summed E-state index contributed by atoms with van der Waals surface area (Å²) in [4.78, 5) is 30.6. The van der Waals surface area contributed by atoms with Crippen molar-refractivity contribution in [1.29, 1.82) is 0 Å². The molecule has 0 aromatic heterocycles. The van der Waals surface area contributed by atoms with Crippen LogP contribution in [-0.4, -0.2) is 39.4 Å². The van der Waals surface area contributed by atoms with Crippen LogP contribution in [0.3, 0.4) is 0 Å². The lowest BCUT2D eigenvalue weighted by molar-refractivity contribution is -0.143. The normalized spacial score (nSPS) is 16.1. The van der Waals surface area contributed by atoms with Gasteiger partial charge >= 0.3 is 11.9 Å². The van der Waals surface area contributed by atoms with Gasteiger partial charge in [-0.25, -0.2) is 0 Å². The van der Waals surface area contributed by atoms with Gasteiger partial charge in [0.2, 0.25) is 7.37 Å². The molecule has 0 rings (SSSR count). The minimum absolute atomic E-state index is 0.00318. The van der Waals surface area contributed by atoms with Crippen LogP contribution in [0.1, 0.15) is 32.6 Å². The van der Waals surface area contributed by atoms with E-state index in [4.69, 9.17) is 10.2 Å². The van der Waals surface area contributed by atoms with Crippen molar-refractivity contribution in [2.75, 3.05) is 12.3 Å². The number of rotatable bonds is 9. The van der Waals surface area contributed by atoms with Crippen LogP contribution in [-0.2, 0) is 14.2 Å². The van der Waals surface area contributed by atoms with Gasteiger partial charge in [-0.15, -0.1) is 0 Å². The third-order valence-corrected chi connectivity index (χ3v) is 4.56. The van der Waals surface area contributed by atoms with Gasteiger partial charge in [0.15, 0.2) is 0 Å². The predicted molar refractivity (Wildman–Crippen MR) is 62.5 cm³/mol. The van der Waals surface area contributed by atoms with Crippen LogP contribution in [0.2, 0.25) is 0 Å². The highest BCUT2D eigenvalue weighted by atomic mass is 31.2. The minimum atomic E-state index is -3.24. The molecule has 100 valence electrons. The number of hydrogen-bond donors (Lipinski definition) is 3. The zero-order chi connectivity index (χ0) is 13.5. The van der Waals surface area contributed by atoms with Crippen molar-refractivity contribution < 1.29 is 29.3 Å². The molecule has 17 heavy (non-hydrogen) atoms. The van der Waals surface area contributed by atoms with Crippen molar-refractivity contribution in [3.05, 3.63) is 0 Å². The summed E-state index contributed by atoms with van der Waals surface area (Å²) in [5.41, 5.74) is 0. The maximum Gasteiger partial charge on any atom is 0.306 e. The van der Waals surface area contributed by atoms with E-state index in [0.29, 0.717) is 6.42 Å². The van der Waals surface area contributed by atoms with Gasteiger partial charge in [0.25, 0.3) is 0 Å². The molecule has 0 radical (unpaired) electrons. The summed E-state index contributed by atoms with van der Waals surface area (Å²) in [7, 11) is -3.24. The predicted octanol–water partition coefficient (Wildman–Crippen LogP) is 1.62. The molecule has 7 heteroatoms. The average molecular weight is 266 g/mol. The molecule has 3 N–H and O–H groups in total. The van der Waals surface area contributed by atoms with Gasteiger partial charge in [-0.05, 0) is 19.3 Å². The SMILES string of the molecule is CCCP(=O)(O)CCC(CCC(=O)O)C(=O)O. The summed E-state index contributed by atoms with van der Waals surface area (Å²) in [6.07, 6.45) is 0.504. The smallest absolute Gasteiger partial charge is 0.306 e. The number of hydrogen-bond acceptors (Lipinski definition) is 3. The Morgan fingerprint density at radius 3 is 2.18 bits per heavy atom. The van der Waals surface area contributed by atoms with Gasteiger partial charge in [-0.2, -0.15) is 0 Å². The van der Waals surface area contributed by atoms with Crippen LogP contribution in [0.25, 0.3) is 0 Å². The first-order chi connectivity index (χ1) is 7.78. The molecule has 2 atom stereocenters. The summed E-state index contributed by atoms with van der Waals surface area (Å²) >= 11 is 0. The van der Waals surface area contributed by atoms with Crippen LogP contribution in [0.4, 0.5) is 0 Å². The quantitative estimate of drug-likeness (QED) is 0.547. The molecular formula is C10H19O6P. The molecule has 0 amide bonds. The van der Waals surface area contributed by atoms with Gasteiger partial charge in [0, 0.05) is 18.7 Å². The van der Waals surface area contributed by atoms with E-state index in [1.807, 2.05) is 0 Å². The first-order valence-electron chi connectivity index (χ1n) is 5.54. The van der Waals surface area contributed by atoms with Crippen LogP contribution < -0.4 is 0 Å². The standard InChI is InChI=1S/C10H19O6P/c1-2-6-17(15,16)7-5-8(10(13)14)3-4-9(11)12/h8H,2-7H2,1H3,(H,11,12)(H,13,14)(H,15,16). The Balaban J connectivity index is 4.22. The molecule has 0 aliphatic carbocycles. The summed E-state index contributed by atoms with van der Waals surface area (Å²) in [5, 5.41) is 17.3. The Labute approximate surface area is 100 Å². The fourth-order valence-electron chi connectivity index (χ4n) is 1.51. The van der Waals surface area contributed by atoms with Crippen LogP contribution in [0, 0.1) is 5.92 Å². The van der Waals surface area contributed by atoms with E-state index in [2.05, 4.69) is 0 Å². The number of carboxylic acids is 2. The summed E-state index contributed by atoms with van der Waals surface area (Å²) in [6.45, 7) is 1.78. The Morgan fingerprint density at radius 1 is 1.18 bits per heavy atom. The van der Waals surface area contributed by atoms with Gasteiger partial charge < -0.3 is 15.1 Å². The first kappa shape index (κ1) is 16.1. The van der Waals surface area contributed by atoms with Crippen molar-refractivity contribution in [2.45, 2.75) is 32.6 Å². The summed E-state index contributed by atoms with van der Waals surface area (Å²) in [5.74, 6) is -3.02. The molecule has 0 heterocycles. The molecule has 0 saturated heterocycles. The summed E-state index contributed by atoms with van der Waals surface area (Å²) in [6, 6.07) is 0. The zero-order valence-electron chi connectivity index (χ0n) is 9.83. The number of aliphatic carboxylic acids is 2. The van der Waals surface area contributed by atoms with Gasteiger partial charge in [-0.1, -0.05) is 6.92 Å². The second-order valence-corrected chi connectivity index (χ2v) is 6.64. The van der Waals surface area contributed by atoms with E-state index in [1.165, 1.54) is 0 Å². The largest absolute Gasteiger partial charge is 0.481 e. The lowest BCUT2D eigenvalue weighted by Crippen LogP contribution is -2.17. The zero-order valence-corrected chi connectivity index (χ0v) is 10.7. The minimum Gasteiger partial charge on any atom is -0.481 e. The maximum absolute atomic E-state index is 11.5. The van der Waals surface area contributed by atoms with Crippen molar-refractivity contribution in [3.63, 3.8) is 0 Å². The molecule has 0 fully saturated rings. The lowest BCUT2D eigenvalue weighted by atomic mass is 10.0. The van der Waals surface area contributed by atoms with E-state index in [1.54, 1.807) is 6.92 Å². The molecule has 0 aliphatic rings. The van der Waals surface area contributed by atoms with Crippen molar-refractivity contribution in [2.24, 2.45) is 5.92 Å². The van der Waals surface area contributed by atoms with E-state index >= 15 is 0 Å². The molecule has 0 aromatic rings. The van der Waals surface area contributed by atoms with Crippen LogP contribution in [0.15, 0.2) is 0 Å². The van der Waals surface area contributed by atoms with E-state index in [0.717, 1.165) is 0 Å². The fourth-order valence-corrected chi connectivity index (χ4v) is 3.15. The van der Waals surface area contributed by atoms with Crippen molar-refractivity contribution >= 4 is 19.3 Å².